The maximum Gasteiger partial charge on any atom is 0.255 e. The quantitative estimate of drug-likeness (QED) is 0.782. The van der Waals surface area contributed by atoms with Crippen molar-refractivity contribution in [2.45, 2.75) is 19.8 Å². The lowest BCUT2D eigenvalue weighted by atomic mass is 10.1. The van der Waals surface area contributed by atoms with E-state index in [0.717, 1.165) is 5.56 Å². The summed E-state index contributed by atoms with van der Waals surface area (Å²) in [4.78, 5) is 16.4. The van der Waals surface area contributed by atoms with Crippen molar-refractivity contribution in [2.24, 2.45) is 7.05 Å². The number of fused-ring (bicyclic) bond motifs is 1. The van der Waals surface area contributed by atoms with Crippen LogP contribution in [0.3, 0.4) is 0 Å². The molecule has 1 aliphatic heterocycles. The minimum absolute atomic E-state index is 0.163. The lowest BCUT2D eigenvalue weighted by molar-refractivity contribution is 0.0929. The minimum atomic E-state index is -2.46. The highest BCUT2D eigenvalue weighted by atomic mass is 16.5. The summed E-state index contributed by atoms with van der Waals surface area (Å²) in [6.45, 7) is -0.395. The van der Waals surface area contributed by atoms with Crippen molar-refractivity contribution in [2.75, 3.05) is 6.61 Å². The van der Waals surface area contributed by atoms with Crippen LogP contribution < -0.4 is 10.1 Å². The molecule has 0 radical (unpaired) electrons. The SMILES string of the molecule is [2H]C([2H])([2H])c1nc(-c2ccc3c(c2)OC[C@H]3NC(=O)c2cn(C)nc2C)no1. The summed E-state index contributed by atoms with van der Waals surface area (Å²) in [6.07, 6.45) is 1.67. The number of carbonyl (C=O) groups is 1. The molecule has 8 heteroatoms. The van der Waals surface area contributed by atoms with Crippen molar-refractivity contribution < 1.29 is 18.2 Å². The maximum atomic E-state index is 12.5. The predicted octanol–water partition coefficient (Wildman–Crippen LogP) is 1.95. The van der Waals surface area contributed by atoms with E-state index >= 15 is 0 Å². The summed E-state index contributed by atoms with van der Waals surface area (Å²) in [5.74, 6) is 0.0967. The van der Waals surface area contributed by atoms with E-state index in [2.05, 4.69) is 20.6 Å². The molecule has 3 heterocycles. The van der Waals surface area contributed by atoms with Gasteiger partial charge in [0.2, 0.25) is 11.7 Å². The molecule has 25 heavy (non-hydrogen) atoms. The van der Waals surface area contributed by atoms with E-state index in [4.69, 9.17) is 13.4 Å². The molecule has 0 saturated carbocycles. The standard InChI is InChI=1S/C17H17N5O3/c1-9-13(7-22(3)20-9)17(23)19-14-8-24-15-6-11(4-5-12(14)15)16-18-10(2)25-21-16/h4-7,14H,8H2,1-3H3,(H,19,23)/t14-/m1/s1/i2D3. The van der Waals surface area contributed by atoms with Crippen LogP contribution in [0.5, 0.6) is 5.75 Å². The first-order valence-corrected chi connectivity index (χ1v) is 7.65. The molecule has 3 aromatic rings. The molecular formula is C17H17N5O3. The number of aromatic nitrogens is 4. The second kappa shape index (κ2) is 5.73. The first-order valence-electron chi connectivity index (χ1n) is 9.15. The zero-order chi connectivity index (χ0) is 20.1. The minimum Gasteiger partial charge on any atom is -0.491 e. The van der Waals surface area contributed by atoms with E-state index in [1.165, 1.54) is 0 Å². The van der Waals surface area contributed by atoms with E-state index in [1.807, 2.05) is 0 Å². The second-order valence-electron chi connectivity index (χ2n) is 5.81. The Morgan fingerprint density at radius 2 is 2.36 bits per heavy atom. The highest BCUT2D eigenvalue weighted by Gasteiger charge is 2.27. The van der Waals surface area contributed by atoms with Crippen LogP contribution in [0.15, 0.2) is 28.9 Å². The van der Waals surface area contributed by atoms with Crippen molar-refractivity contribution in [1.29, 1.82) is 0 Å². The Kier molecular flexibility index (Phi) is 2.80. The second-order valence-corrected chi connectivity index (χ2v) is 5.81. The Morgan fingerprint density at radius 3 is 3.08 bits per heavy atom. The Hall–Kier alpha value is -3.16. The number of aryl methyl sites for hydroxylation is 3. The predicted molar refractivity (Wildman–Crippen MR) is 88.1 cm³/mol. The average Bonchev–Trinajstić information content (AvgIpc) is 3.33. The smallest absolute Gasteiger partial charge is 0.255 e. The molecular weight excluding hydrogens is 322 g/mol. The van der Waals surface area contributed by atoms with Crippen LogP contribution >= 0.6 is 0 Å². The fraction of sp³-hybridized carbons (Fsp3) is 0.294. The van der Waals surface area contributed by atoms with E-state index in [-0.39, 0.29) is 24.4 Å². The monoisotopic (exact) mass is 342 g/mol. The molecule has 0 saturated heterocycles. The van der Waals surface area contributed by atoms with Gasteiger partial charge in [-0.2, -0.15) is 10.1 Å². The molecule has 0 fully saturated rings. The number of amides is 1. The Bertz CT molecular complexity index is 1060. The van der Waals surface area contributed by atoms with Gasteiger partial charge < -0.3 is 14.6 Å². The van der Waals surface area contributed by atoms with Crippen LogP contribution in [0.4, 0.5) is 0 Å². The van der Waals surface area contributed by atoms with Gasteiger partial charge in [0, 0.05) is 35.3 Å². The van der Waals surface area contributed by atoms with Crippen LogP contribution in [0.1, 0.15) is 37.7 Å². The molecule has 0 bridgehead atoms. The maximum absolute atomic E-state index is 12.5. The van der Waals surface area contributed by atoms with Crippen molar-refractivity contribution in [3.8, 4) is 17.1 Å². The molecule has 1 aromatic carbocycles. The molecule has 1 atom stereocenters. The Labute approximate surface area is 148 Å². The number of benzene rings is 1. The summed E-state index contributed by atoms with van der Waals surface area (Å²) in [5.41, 5.74) is 2.54. The van der Waals surface area contributed by atoms with E-state index in [0.29, 0.717) is 22.6 Å². The summed E-state index contributed by atoms with van der Waals surface area (Å²) in [5, 5.41) is 10.8. The number of nitrogens with one attached hydrogen (secondary N) is 1. The Morgan fingerprint density at radius 1 is 1.48 bits per heavy atom. The van der Waals surface area contributed by atoms with Gasteiger partial charge in [-0.25, -0.2) is 0 Å². The first kappa shape index (κ1) is 12.2. The van der Waals surface area contributed by atoms with Crippen LogP contribution in [-0.2, 0) is 7.05 Å². The first-order chi connectivity index (χ1) is 13.2. The van der Waals surface area contributed by atoms with Gasteiger partial charge in [-0.3, -0.25) is 9.48 Å². The summed E-state index contributed by atoms with van der Waals surface area (Å²) >= 11 is 0. The summed E-state index contributed by atoms with van der Waals surface area (Å²) in [6, 6.07) is 4.92. The average molecular weight is 342 g/mol. The zero-order valence-corrected chi connectivity index (χ0v) is 13.6. The molecule has 8 nitrogen and oxygen atoms in total. The van der Waals surface area contributed by atoms with Gasteiger partial charge in [0.1, 0.15) is 12.4 Å². The number of rotatable bonds is 3. The van der Waals surface area contributed by atoms with Crippen molar-refractivity contribution in [3.05, 3.63) is 47.1 Å². The number of ether oxygens (including phenoxy) is 1. The third-order valence-electron chi connectivity index (χ3n) is 4.04. The Balaban J connectivity index is 1.54. The fourth-order valence-corrected chi connectivity index (χ4v) is 2.87. The van der Waals surface area contributed by atoms with Gasteiger partial charge in [0.25, 0.3) is 5.91 Å². The van der Waals surface area contributed by atoms with E-state index in [9.17, 15) is 4.79 Å². The van der Waals surface area contributed by atoms with E-state index < -0.39 is 12.7 Å². The number of hydrogen-bond acceptors (Lipinski definition) is 6. The summed E-state index contributed by atoms with van der Waals surface area (Å²) in [7, 11) is 1.76. The van der Waals surface area contributed by atoms with Crippen LogP contribution in [0.25, 0.3) is 11.4 Å². The molecule has 1 N–H and O–H groups in total. The van der Waals surface area contributed by atoms with Gasteiger partial charge in [-0.15, -0.1) is 0 Å². The molecule has 0 unspecified atom stereocenters. The number of hydrogen-bond donors (Lipinski definition) is 1. The van der Waals surface area contributed by atoms with Crippen LogP contribution in [0, 0.1) is 13.8 Å². The molecule has 1 amide bonds. The number of nitrogens with zero attached hydrogens (tertiary/aromatic N) is 4. The summed E-state index contributed by atoms with van der Waals surface area (Å²) < 4.78 is 34.0. The highest BCUT2D eigenvalue weighted by Crippen LogP contribution is 2.35. The molecule has 0 spiro atoms. The molecule has 4 rings (SSSR count). The van der Waals surface area contributed by atoms with Gasteiger partial charge >= 0.3 is 0 Å². The van der Waals surface area contributed by atoms with Gasteiger partial charge in [0.15, 0.2) is 0 Å². The van der Waals surface area contributed by atoms with Gasteiger partial charge in [0.05, 0.1) is 17.3 Å². The third-order valence-corrected chi connectivity index (χ3v) is 4.04. The lowest BCUT2D eigenvalue weighted by Gasteiger charge is -2.11. The van der Waals surface area contributed by atoms with Crippen LogP contribution in [-0.4, -0.2) is 32.4 Å². The highest BCUT2D eigenvalue weighted by molar-refractivity contribution is 5.95. The molecule has 1 aliphatic rings. The lowest BCUT2D eigenvalue weighted by Crippen LogP contribution is -2.29. The normalized spacial score (nSPS) is 18.0. The van der Waals surface area contributed by atoms with Crippen molar-refractivity contribution in [3.63, 3.8) is 0 Å². The topological polar surface area (TPSA) is 95.1 Å². The molecule has 2 aromatic heterocycles. The van der Waals surface area contributed by atoms with Crippen LogP contribution in [0.2, 0.25) is 0 Å². The third kappa shape index (κ3) is 2.75. The van der Waals surface area contributed by atoms with E-state index in [1.54, 1.807) is 43.0 Å². The number of carbonyl (C=O) groups excluding carboxylic acids is 1. The van der Waals surface area contributed by atoms with Crippen molar-refractivity contribution >= 4 is 5.91 Å². The van der Waals surface area contributed by atoms with Gasteiger partial charge in [-0.1, -0.05) is 17.3 Å². The van der Waals surface area contributed by atoms with Crippen molar-refractivity contribution in [1.82, 2.24) is 25.2 Å². The zero-order valence-electron chi connectivity index (χ0n) is 16.6. The molecule has 128 valence electrons. The fourth-order valence-electron chi connectivity index (χ4n) is 2.87. The molecule has 0 aliphatic carbocycles. The largest absolute Gasteiger partial charge is 0.491 e. The van der Waals surface area contributed by atoms with Gasteiger partial charge in [-0.05, 0) is 13.0 Å².